The first-order valence-corrected chi connectivity index (χ1v) is 11.5. The standard InChI is InChI=1S/C27H24ClN3O2/c1-2-15-33-21-13-8-12-19(16-21)26-23-24(18-9-4-3-5-10-18)29-30-25(23)27(32)31(26)17-20-11-6-7-14-22(20)28/h3-14,16,26H,2,15,17H2,1H3,(H,29,30). The van der Waals surface area contributed by atoms with Crippen molar-refractivity contribution in [2.45, 2.75) is 25.9 Å². The summed E-state index contributed by atoms with van der Waals surface area (Å²) in [6.45, 7) is 3.11. The number of H-pyrrole nitrogens is 1. The van der Waals surface area contributed by atoms with E-state index in [1.807, 2.05) is 83.8 Å². The van der Waals surface area contributed by atoms with Crippen molar-refractivity contribution in [2.75, 3.05) is 6.61 Å². The van der Waals surface area contributed by atoms with E-state index in [-0.39, 0.29) is 11.9 Å². The van der Waals surface area contributed by atoms with E-state index in [4.69, 9.17) is 16.3 Å². The molecule has 6 heteroatoms. The second-order valence-corrected chi connectivity index (χ2v) is 8.48. The molecule has 33 heavy (non-hydrogen) atoms. The molecule has 3 aromatic carbocycles. The van der Waals surface area contributed by atoms with Gasteiger partial charge in [-0.05, 0) is 35.7 Å². The Morgan fingerprint density at radius 1 is 1.03 bits per heavy atom. The summed E-state index contributed by atoms with van der Waals surface area (Å²) in [5.74, 6) is 0.696. The molecular formula is C27H24ClN3O2. The molecule has 1 aliphatic rings. The highest BCUT2D eigenvalue weighted by molar-refractivity contribution is 6.31. The van der Waals surface area contributed by atoms with E-state index in [0.29, 0.717) is 23.9 Å². The second kappa shape index (κ2) is 9.12. The van der Waals surface area contributed by atoms with Crippen molar-refractivity contribution in [3.63, 3.8) is 0 Å². The third-order valence-corrected chi connectivity index (χ3v) is 6.22. The molecule has 5 rings (SSSR count). The van der Waals surface area contributed by atoms with Crippen molar-refractivity contribution in [3.05, 3.63) is 106 Å². The Hall–Kier alpha value is -3.57. The zero-order chi connectivity index (χ0) is 22.8. The lowest BCUT2D eigenvalue weighted by Gasteiger charge is -2.27. The molecule has 1 aromatic heterocycles. The fourth-order valence-corrected chi connectivity index (χ4v) is 4.52. The van der Waals surface area contributed by atoms with Crippen LogP contribution in [0, 0.1) is 0 Å². The number of carbonyl (C=O) groups is 1. The third-order valence-electron chi connectivity index (χ3n) is 5.86. The zero-order valence-electron chi connectivity index (χ0n) is 18.3. The Morgan fingerprint density at radius 3 is 2.61 bits per heavy atom. The van der Waals surface area contributed by atoms with Gasteiger partial charge in [-0.15, -0.1) is 0 Å². The molecule has 1 atom stereocenters. The predicted octanol–water partition coefficient (Wildman–Crippen LogP) is 6.26. The summed E-state index contributed by atoms with van der Waals surface area (Å²) < 4.78 is 5.89. The van der Waals surface area contributed by atoms with Crippen LogP contribution < -0.4 is 4.74 Å². The molecule has 0 spiro atoms. The summed E-state index contributed by atoms with van der Waals surface area (Å²) in [7, 11) is 0. The largest absolute Gasteiger partial charge is 0.494 e. The summed E-state index contributed by atoms with van der Waals surface area (Å²) in [4.78, 5) is 15.4. The molecule has 0 saturated heterocycles. The molecule has 0 fully saturated rings. The Morgan fingerprint density at radius 2 is 1.82 bits per heavy atom. The number of aromatic nitrogens is 2. The normalized spacial score (nSPS) is 15.0. The van der Waals surface area contributed by atoms with E-state index in [9.17, 15) is 4.79 Å². The minimum absolute atomic E-state index is 0.0931. The molecule has 2 heterocycles. The maximum atomic E-state index is 13.6. The zero-order valence-corrected chi connectivity index (χ0v) is 19.0. The number of nitrogens with zero attached hydrogens (tertiary/aromatic N) is 2. The number of fused-ring (bicyclic) bond motifs is 1. The first-order valence-electron chi connectivity index (χ1n) is 11.1. The van der Waals surface area contributed by atoms with Crippen LogP contribution in [0.2, 0.25) is 5.02 Å². The molecule has 1 unspecified atom stereocenters. The van der Waals surface area contributed by atoms with Crippen LogP contribution in [0.3, 0.4) is 0 Å². The number of ether oxygens (including phenoxy) is 1. The van der Waals surface area contributed by atoms with Crippen LogP contribution in [-0.4, -0.2) is 27.6 Å². The first kappa shape index (κ1) is 21.3. The van der Waals surface area contributed by atoms with Gasteiger partial charge in [0, 0.05) is 22.7 Å². The van der Waals surface area contributed by atoms with Gasteiger partial charge in [-0.3, -0.25) is 9.89 Å². The minimum atomic E-state index is -0.317. The fraction of sp³-hybridized carbons (Fsp3) is 0.185. The maximum absolute atomic E-state index is 13.6. The summed E-state index contributed by atoms with van der Waals surface area (Å²) in [5.41, 5.74) is 5.02. The van der Waals surface area contributed by atoms with Crippen molar-refractivity contribution < 1.29 is 9.53 Å². The van der Waals surface area contributed by atoms with E-state index >= 15 is 0 Å². The van der Waals surface area contributed by atoms with Crippen molar-refractivity contribution in [2.24, 2.45) is 0 Å². The highest BCUT2D eigenvalue weighted by atomic mass is 35.5. The van der Waals surface area contributed by atoms with Crippen LogP contribution >= 0.6 is 11.6 Å². The predicted molar refractivity (Wildman–Crippen MR) is 129 cm³/mol. The quantitative estimate of drug-likeness (QED) is 0.356. The lowest BCUT2D eigenvalue weighted by molar-refractivity contribution is 0.0730. The molecule has 4 aromatic rings. The average molecular weight is 458 g/mol. The maximum Gasteiger partial charge on any atom is 0.273 e. The van der Waals surface area contributed by atoms with Crippen molar-refractivity contribution in [1.82, 2.24) is 15.1 Å². The number of carbonyl (C=O) groups excluding carboxylic acids is 1. The molecule has 0 aliphatic carbocycles. The molecule has 166 valence electrons. The van der Waals surface area contributed by atoms with Gasteiger partial charge in [-0.1, -0.05) is 79.2 Å². The third kappa shape index (κ3) is 4.00. The average Bonchev–Trinajstić information content (AvgIpc) is 3.39. The van der Waals surface area contributed by atoms with Gasteiger partial charge in [0.2, 0.25) is 0 Å². The smallest absolute Gasteiger partial charge is 0.273 e. The molecule has 1 N–H and O–H groups in total. The minimum Gasteiger partial charge on any atom is -0.494 e. The molecule has 1 aliphatic heterocycles. The van der Waals surface area contributed by atoms with Gasteiger partial charge in [0.1, 0.15) is 11.4 Å². The van der Waals surface area contributed by atoms with Crippen LogP contribution in [0.25, 0.3) is 11.3 Å². The summed E-state index contributed by atoms with van der Waals surface area (Å²) in [5, 5.41) is 8.18. The van der Waals surface area contributed by atoms with Gasteiger partial charge in [-0.2, -0.15) is 5.10 Å². The highest BCUT2D eigenvalue weighted by Crippen LogP contribution is 2.44. The van der Waals surface area contributed by atoms with E-state index in [1.165, 1.54) is 0 Å². The Bertz CT molecular complexity index is 1290. The molecular weight excluding hydrogens is 434 g/mol. The van der Waals surface area contributed by atoms with E-state index in [2.05, 4.69) is 17.1 Å². The Labute approximate surface area is 198 Å². The van der Waals surface area contributed by atoms with Crippen LogP contribution in [0.15, 0.2) is 78.9 Å². The number of amides is 1. The van der Waals surface area contributed by atoms with Crippen LogP contribution in [-0.2, 0) is 6.54 Å². The van der Waals surface area contributed by atoms with Gasteiger partial charge in [-0.25, -0.2) is 0 Å². The topological polar surface area (TPSA) is 58.2 Å². The first-order chi connectivity index (χ1) is 16.2. The number of nitrogens with one attached hydrogen (secondary N) is 1. The molecule has 0 bridgehead atoms. The van der Waals surface area contributed by atoms with E-state index in [1.54, 1.807) is 0 Å². The summed E-state index contributed by atoms with van der Waals surface area (Å²) >= 11 is 6.46. The number of aromatic amines is 1. The monoisotopic (exact) mass is 457 g/mol. The fourth-order valence-electron chi connectivity index (χ4n) is 4.33. The molecule has 0 saturated carbocycles. The number of benzene rings is 3. The molecule has 1 amide bonds. The lowest BCUT2D eigenvalue weighted by Crippen LogP contribution is -2.29. The van der Waals surface area contributed by atoms with Gasteiger partial charge in [0.25, 0.3) is 5.91 Å². The summed E-state index contributed by atoms with van der Waals surface area (Å²) in [6, 6.07) is 25.2. The number of halogens is 1. The SMILES string of the molecule is CCCOc1cccc(C2c3c(-c4ccccc4)n[nH]c3C(=O)N2Cc2ccccc2Cl)c1. The van der Waals surface area contributed by atoms with Crippen LogP contribution in [0.1, 0.15) is 46.6 Å². The van der Waals surface area contributed by atoms with Gasteiger partial charge in [0.15, 0.2) is 0 Å². The number of hydrogen-bond acceptors (Lipinski definition) is 3. The molecule has 0 radical (unpaired) electrons. The highest BCUT2D eigenvalue weighted by Gasteiger charge is 2.42. The van der Waals surface area contributed by atoms with Crippen molar-refractivity contribution in [3.8, 4) is 17.0 Å². The Kier molecular flexibility index (Phi) is 5.88. The van der Waals surface area contributed by atoms with Crippen LogP contribution in [0.5, 0.6) is 5.75 Å². The Balaban J connectivity index is 1.63. The molecule has 5 nitrogen and oxygen atoms in total. The second-order valence-electron chi connectivity index (χ2n) is 8.07. The van der Waals surface area contributed by atoms with E-state index in [0.717, 1.165) is 40.1 Å². The summed E-state index contributed by atoms with van der Waals surface area (Å²) in [6.07, 6.45) is 0.925. The number of hydrogen-bond donors (Lipinski definition) is 1. The van der Waals surface area contributed by atoms with Crippen molar-refractivity contribution >= 4 is 17.5 Å². The van der Waals surface area contributed by atoms with Gasteiger partial charge >= 0.3 is 0 Å². The van der Waals surface area contributed by atoms with Crippen LogP contribution in [0.4, 0.5) is 0 Å². The van der Waals surface area contributed by atoms with E-state index < -0.39 is 0 Å². The van der Waals surface area contributed by atoms with Gasteiger partial charge < -0.3 is 9.64 Å². The lowest BCUT2D eigenvalue weighted by atomic mass is 9.95. The van der Waals surface area contributed by atoms with Gasteiger partial charge in [0.05, 0.1) is 18.3 Å². The number of rotatable bonds is 7. The van der Waals surface area contributed by atoms with Crippen molar-refractivity contribution in [1.29, 1.82) is 0 Å².